The highest BCUT2D eigenvalue weighted by Crippen LogP contribution is 2.48. The van der Waals surface area contributed by atoms with Crippen molar-refractivity contribution in [3.63, 3.8) is 0 Å². The third-order valence-corrected chi connectivity index (χ3v) is 3.03. The number of ether oxygens (including phenoxy) is 1. The number of fused-ring (bicyclic) bond motifs is 1. The van der Waals surface area contributed by atoms with Gasteiger partial charge in [0.2, 0.25) is 0 Å². The van der Waals surface area contributed by atoms with E-state index in [0.29, 0.717) is 18.1 Å². The largest absolute Gasteiger partial charge is 0.465 e. The SMILES string of the molecule is CCOC(=O)C1(c2nc3ncncc3[nH]2)CC1. The molecule has 2 aromatic heterocycles. The van der Waals surface area contributed by atoms with Gasteiger partial charge in [-0.15, -0.1) is 0 Å². The number of imidazole rings is 1. The van der Waals surface area contributed by atoms with Crippen LogP contribution in [0.25, 0.3) is 11.2 Å². The average molecular weight is 232 g/mol. The molecule has 2 aromatic rings. The third-order valence-electron chi connectivity index (χ3n) is 3.03. The van der Waals surface area contributed by atoms with Gasteiger partial charge < -0.3 is 9.72 Å². The van der Waals surface area contributed by atoms with Crippen LogP contribution in [0.4, 0.5) is 0 Å². The van der Waals surface area contributed by atoms with E-state index in [1.54, 1.807) is 13.1 Å². The van der Waals surface area contributed by atoms with E-state index in [4.69, 9.17) is 4.74 Å². The van der Waals surface area contributed by atoms with Crippen LogP contribution in [-0.2, 0) is 14.9 Å². The molecule has 0 unspecified atom stereocenters. The first-order chi connectivity index (χ1) is 8.26. The number of carbonyl (C=O) groups is 1. The molecule has 0 bridgehead atoms. The summed E-state index contributed by atoms with van der Waals surface area (Å²) in [6.45, 7) is 2.19. The summed E-state index contributed by atoms with van der Waals surface area (Å²) in [5, 5.41) is 0. The van der Waals surface area contributed by atoms with Crippen LogP contribution in [0.3, 0.4) is 0 Å². The number of aromatic amines is 1. The lowest BCUT2D eigenvalue weighted by Gasteiger charge is -2.10. The van der Waals surface area contributed by atoms with Crippen molar-refractivity contribution < 1.29 is 9.53 Å². The minimum atomic E-state index is -0.573. The second-order valence-electron chi connectivity index (χ2n) is 4.15. The number of carbonyl (C=O) groups excluding carboxylic acids is 1. The van der Waals surface area contributed by atoms with Gasteiger partial charge in [-0.25, -0.2) is 15.0 Å². The summed E-state index contributed by atoms with van der Waals surface area (Å²) in [4.78, 5) is 27.3. The Morgan fingerprint density at radius 1 is 1.59 bits per heavy atom. The van der Waals surface area contributed by atoms with E-state index in [9.17, 15) is 4.79 Å². The molecule has 2 heterocycles. The van der Waals surface area contributed by atoms with Crippen LogP contribution in [0.15, 0.2) is 12.5 Å². The quantitative estimate of drug-likeness (QED) is 0.797. The maximum Gasteiger partial charge on any atom is 0.319 e. The van der Waals surface area contributed by atoms with E-state index in [1.807, 2.05) is 0 Å². The number of H-pyrrole nitrogens is 1. The molecule has 0 atom stereocenters. The molecule has 0 saturated heterocycles. The molecule has 0 radical (unpaired) electrons. The Kier molecular flexibility index (Phi) is 2.10. The number of hydrogen-bond acceptors (Lipinski definition) is 5. The summed E-state index contributed by atoms with van der Waals surface area (Å²) in [5.74, 6) is 0.443. The lowest BCUT2D eigenvalue weighted by Crippen LogP contribution is -2.24. The zero-order valence-electron chi connectivity index (χ0n) is 9.43. The van der Waals surface area contributed by atoms with Crippen LogP contribution in [0.1, 0.15) is 25.6 Å². The molecule has 1 aliphatic rings. The predicted octanol–water partition coefficient (Wildman–Crippen LogP) is 0.948. The first-order valence-electron chi connectivity index (χ1n) is 5.60. The Hall–Kier alpha value is -1.98. The maximum atomic E-state index is 11.9. The lowest BCUT2D eigenvalue weighted by molar-refractivity contribution is -0.146. The van der Waals surface area contributed by atoms with E-state index in [0.717, 1.165) is 18.4 Å². The van der Waals surface area contributed by atoms with Crippen molar-refractivity contribution in [1.29, 1.82) is 0 Å². The fourth-order valence-corrected chi connectivity index (χ4v) is 1.92. The molecule has 0 aliphatic heterocycles. The number of aromatic nitrogens is 4. The molecule has 1 fully saturated rings. The van der Waals surface area contributed by atoms with Gasteiger partial charge in [0.15, 0.2) is 5.65 Å². The Morgan fingerprint density at radius 2 is 2.41 bits per heavy atom. The molecule has 0 amide bonds. The van der Waals surface area contributed by atoms with E-state index >= 15 is 0 Å². The van der Waals surface area contributed by atoms with Crippen molar-refractivity contribution in [1.82, 2.24) is 19.9 Å². The van der Waals surface area contributed by atoms with Crippen molar-refractivity contribution in [3.05, 3.63) is 18.3 Å². The van der Waals surface area contributed by atoms with Gasteiger partial charge in [-0.3, -0.25) is 4.79 Å². The van der Waals surface area contributed by atoms with Gasteiger partial charge in [0.05, 0.1) is 12.8 Å². The van der Waals surface area contributed by atoms with Gasteiger partial charge in [0, 0.05) is 0 Å². The molecule has 1 N–H and O–H groups in total. The average Bonchev–Trinajstić information content (AvgIpc) is 3.03. The van der Waals surface area contributed by atoms with Crippen molar-refractivity contribution in [2.75, 3.05) is 6.61 Å². The van der Waals surface area contributed by atoms with Gasteiger partial charge >= 0.3 is 5.97 Å². The fraction of sp³-hybridized carbons (Fsp3) is 0.455. The van der Waals surface area contributed by atoms with Gasteiger partial charge in [-0.2, -0.15) is 0 Å². The fourth-order valence-electron chi connectivity index (χ4n) is 1.92. The van der Waals surface area contributed by atoms with E-state index in [1.165, 1.54) is 6.33 Å². The summed E-state index contributed by atoms with van der Waals surface area (Å²) in [7, 11) is 0. The van der Waals surface area contributed by atoms with E-state index in [2.05, 4.69) is 19.9 Å². The van der Waals surface area contributed by atoms with Crippen molar-refractivity contribution >= 4 is 17.1 Å². The summed E-state index contributed by atoms with van der Waals surface area (Å²) in [6, 6.07) is 0. The maximum absolute atomic E-state index is 11.9. The molecule has 0 spiro atoms. The predicted molar refractivity (Wildman–Crippen MR) is 59.2 cm³/mol. The summed E-state index contributed by atoms with van der Waals surface area (Å²) < 4.78 is 5.08. The Labute approximate surface area is 97.4 Å². The highest BCUT2D eigenvalue weighted by Gasteiger charge is 2.55. The smallest absolute Gasteiger partial charge is 0.319 e. The first kappa shape index (κ1) is 10.2. The van der Waals surface area contributed by atoms with E-state index in [-0.39, 0.29) is 5.97 Å². The summed E-state index contributed by atoms with van der Waals surface area (Å²) >= 11 is 0. The minimum absolute atomic E-state index is 0.202. The molecule has 88 valence electrons. The number of nitrogens with one attached hydrogen (secondary N) is 1. The molecular weight excluding hydrogens is 220 g/mol. The number of rotatable bonds is 3. The molecular formula is C11H12N4O2. The number of hydrogen-bond donors (Lipinski definition) is 1. The van der Waals surface area contributed by atoms with Crippen LogP contribution >= 0.6 is 0 Å². The highest BCUT2D eigenvalue weighted by atomic mass is 16.5. The van der Waals surface area contributed by atoms with Crippen molar-refractivity contribution in [2.45, 2.75) is 25.2 Å². The van der Waals surface area contributed by atoms with Crippen LogP contribution in [0.5, 0.6) is 0 Å². The minimum Gasteiger partial charge on any atom is -0.465 e. The lowest BCUT2D eigenvalue weighted by atomic mass is 10.1. The Balaban J connectivity index is 2.01. The van der Waals surface area contributed by atoms with Gasteiger partial charge in [0.1, 0.15) is 23.1 Å². The van der Waals surface area contributed by atoms with E-state index < -0.39 is 5.41 Å². The van der Waals surface area contributed by atoms with Crippen LogP contribution in [-0.4, -0.2) is 32.5 Å². The topological polar surface area (TPSA) is 80.8 Å². The standard InChI is InChI=1S/C11H12N4O2/c1-2-17-10(16)11(3-4-11)9-14-7-5-12-6-13-8(7)15-9/h5-6H,2-4H2,1H3,(H,12,13,14,15). The summed E-state index contributed by atoms with van der Waals surface area (Å²) in [6.07, 6.45) is 4.65. The monoisotopic (exact) mass is 232 g/mol. The normalized spacial score (nSPS) is 17.0. The van der Waals surface area contributed by atoms with Gasteiger partial charge in [-0.1, -0.05) is 0 Å². The molecule has 0 aromatic carbocycles. The molecule has 1 aliphatic carbocycles. The molecule has 1 saturated carbocycles. The van der Waals surface area contributed by atoms with Crippen LogP contribution < -0.4 is 0 Å². The van der Waals surface area contributed by atoms with Crippen molar-refractivity contribution in [3.8, 4) is 0 Å². The summed E-state index contributed by atoms with van der Waals surface area (Å²) in [5.41, 5.74) is 0.764. The molecule has 17 heavy (non-hydrogen) atoms. The zero-order chi connectivity index (χ0) is 11.9. The van der Waals surface area contributed by atoms with Crippen LogP contribution in [0.2, 0.25) is 0 Å². The molecule has 6 heteroatoms. The molecule has 3 rings (SSSR count). The second kappa shape index (κ2) is 3.51. The first-order valence-corrected chi connectivity index (χ1v) is 5.60. The third kappa shape index (κ3) is 1.48. The number of nitrogens with zero attached hydrogens (tertiary/aromatic N) is 3. The Bertz CT molecular complexity index is 541. The zero-order valence-corrected chi connectivity index (χ0v) is 9.43. The number of esters is 1. The molecule has 6 nitrogen and oxygen atoms in total. The second-order valence-corrected chi connectivity index (χ2v) is 4.15. The highest BCUT2D eigenvalue weighted by molar-refractivity contribution is 5.86. The van der Waals surface area contributed by atoms with Gasteiger partial charge in [0.25, 0.3) is 0 Å². The van der Waals surface area contributed by atoms with Crippen LogP contribution in [0, 0.1) is 0 Å². The van der Waals surface area contributed by atoms with Gasteiger partial charge in [-0.05, 0) is 19.8 Å². The Morgan fingerprint density at radius 3 is 3.06 bits per heavy atom. The van der Waals surface area contributed by atoms with Crippen molar-refractivity contribution in [2.24, 2.45) is 0 Å².